The zero-order valence-electron chi connectivity index (χ0n) is 16.4. The highest BCUT2D eigenvalue weighted by Crippen LogP contribution is 2.18. The van der Waals surface area contributed by atoms with Crippen LogP contribution in [0, 0.1) is 0 Å². The summed E-state index contributed by atoms with van der Waals surface area (Å²) in [6, 6.07) is 1.10. The molecule has 0 amide bonds. The lowest BCUT2D eigenvalue weighted by atomic mass is 10.2. The van der Waals surface area contributed by atoms with Crippen LogP contribution in [0.4, 0.5) is 0 Å². The quantitative estimate of drug-likeness (QED) is 0.527. The van der Waals surface area contributed by atoms with Crippen LogP contribution in [0.2, 0.25) is 0 Å². The lowest BCUT2D eigenvalue weighted by Gasteiger charge is -2.30. The normalized spacial score (nSPS) is 12.7. The molecule has 0 bridgehead atoms. The standard InChI is InChI=1S/C18H35N5S/c1-8-19-18(20-9-10-23(14(4)5)15(6)7)21-11-17-22-16(12-24-17)13(2)3/h12-15H,8-11H2,1-7H3,(H2,19,20,21). The fourth-order valence-corrected chi connectivity index (χ4v) is 3.45. The van der Waals surface area contributed by atoms with Crippen LogP contribution < -0.4 is 10.6 Å². The minimum Gasteiger partial charge on any atom is -0.357 e. The Kier molecular flexibility index (Phi) is 9.29. The third kappa shape index (κ3) is 7.18. The molecule has 0 unspecified atom stereocenters. The van der Waals surface area contributed by atoms with Gasteiger partial charge in [-0.25, -0.2) is 9.98 Å². The Balaban J connectivity index is 2.55. The van der Waals surface area contributed by atoms with E-state index in [0.717, 1.165) is 36.3 Å². The van der Waals surface area contributed by atoms with Gasteiger partial charge in [-0.2, -0.15) is 0 Å². The first-order valence-corrected chi connectivity index (χ1v) is 9.95. The summed E-state index contributed by atoms with van der Waals surface area (Å²) >= 11 is 1.69. The van der Waals surface area contributed by atoms with Crippen LogP contribution in [0.3, 0.4) is 0 Å². The molecule has 1 rings (SSSR count). The van der Waals surface area contributed by atoms with Gasteiger partial charge in [-0.05, 0) is 40.5 Å². The number of aromatic nitrogens is 1. The van der Waals surface area contributed by atoms with Crippen LogP contribution in [0.5, 0.6) is 0 Å². The van der Waals surface area contributed by atoms with Crippen molar-refractivity contribution in [2.75, 3.05) is 19.6 Å². The number of thiazole rings is 1. The van der Waals surface area contributed by atoms with E-state index < -0.39 is 0 Å². The fraction of sp³-hybridized carbons (Fsp3) is 0.778. The van der Waals surface area contributed by atoms with Crippen LogP contribution in [-0.2, 0) is 6.54 Å². The van der Waals surface area contributed by atoms with E-state index in [1.165, 1.54) is 0 Å². The van der Waals surface area contributed by atoms with Crippen molar-refractivity contribution in [2.24, 2.45) is 4.99 Å². The summed E-state index contributed by atoms with van der Waals surface area (Å²) in [6.45, 7) is 18.8. The maximum absolute atomic E-state index is 4.67. The molecule has 5 nitrogen and oxygen atoms in total. The van der Waals surface area contributed by atoms with Gasteiger partial charge in [-0.3, -0.25) is 4.90 Å². The van der Waals surface area contributed by atoms with Crippen LogP contribution in [0.25, 0.3) is 0 Å². The Labute approximate surface area is 152 Å². The summed E-state index contributed by atoms with van der Waals surface area (Å²) in [4.78, 5) is 11.8. The second kappa shape index (κ2) is 10.7. The molecule has 1 heterocycles. The van der Waals surface area contributed by atoms with Gasteiger partial charge in [0.15, 0.2) is 5.96 Å². The third-order valence-corrected chi connectivity index (χ3v) is 4.72. The van der Waals surface area contributed by atoms with Crippen LogP contribution >= 0.6 is 11.3 Å². The summed E-state index contributed by atoms with van der Waals surface area (Å²) in [6.07, 6.45) is 0. The van der Waals surface area contributed by atoms with Crippen LogP contribution in [0.1, 0.15) is 65.1 Å². The second-order valence-electron chi connectivity index (χ2n) is 6.87. The molecule has 0 aliphatic heterocycles. The number of hydrogen-bond acceptors (Lipinski definition) is 4. The Bertz CT molecular complexity index is 485. The molecule has 0 aliphatic carbocycles. The highest BCUT2D eigenvalue weighted by Gasteiger charge is 2.12. The lowest BCUT2D eigenvalue weighted by molar-refractivity contribution is 0.178. The van der Waals surface area contributed by atoms with Crippen molar-refractivity contribution in [1.82, 2.24) is 20.5 Å². The molecule has 0 fully saturated rings. The summed E-state index contributed by atoms with van der Waals surface area (Å²) in [5.74, 6) is 1.34. The number of nitrogens with zero attached hydrogens (tertiary/aromatic N) is 3. The van der Waals surface area contributed by atoms with E-state index in [9.17, 15) is 0 Å². The van der Waals surface area contributed by atoms with E-state index >= 15 is 0 Å². The predicted molar refractivity (Wildman–Crippen MR) is 106 cm³/mol. The number of aliphatic imine (C=N–C) groups is 1. The molecule has 138 valence electrons. The molecule has 1 aromatic rings. The van der Waals surface area contributed by atoms with Crippen molar-refractivity contribution < 1.29 is 0 Å². The minimum atomic E-state index is 0.475. The lowest BCUT2D eigenvalue weighted by Crippen LogP contribution is -2.45. The van der Waals surface area contributed by atoms with E-state index in [1.807, 2.05) is 0 Å². The number of nitrogens with one attached hydrogen (secondary N) is 2. The molecular weight excluding hydrogens is 318 g/mol. The van der Waals surface area contributed by atoms with Crippen molar-refractivity contribution in [3.8, 4) is 0 Å². The largest absolute Gasteiger partial charge is 0.357 e. The highest BCUT2D eigenvalue weighted by atomic mass is 32.1. The van der Waals surface area contributed by atoms with E-state index in [-0.39, 0.29) is 0 Å². The molecule has 0 aliphatic rings. The van der Waals surface area contributed by atoms with E-state index in [0.29, 0.717) is 24.5 Å². The first-order chi connectivity index (χ1) is 11.3. The maximum Gasteiger partial charge on any atom is 0.191 e. The maximum atomic E-state index is 4.67. The van der Waals surface area contributed by atoms with Crippen molar-refractivity contribution >= 4 is 17.3 Å². The molecule has 1 aromatic heterocycles. The molecule has 0 saturated heterocycles. The molecule has 0 aromatic carbocycles. The Morgan fingerprint density at radius 3 is 2.33 bits per heavy atom. The monoisotopic (exact) mass is 353 g/mol. The average Bonchev–Trinajstić information content (AvgIpc) is 2.97. The van der Waals surface area contributed by atoms with Gasteiger partial charge in [0.2, 0.25) is 0 Å². The van der Waals surface area contributed by atoms with Crippen molar-refractivity contribution in [2.45, 2.75) is 73.0 Å². The molecule has 0 saturated carbocycles. The van der Waals surface area contributed by atoms with Gasteiger partial charge in [0.1, 0.15) is 5.01 Å². The van der Waals surface area contributed by atoms with Gasteiger partial charge in [0.25, 0.3) is 0 Å². The average molecular weight is 354 g/mol. The summed E-state index contributed by atoms with van der Waals surface area (Å²) in [5.41, 5.74) is 1.16. The molecule has 0 radical (unpaired) electrons. The number of rotatable bonds is 9. The van der Waals surface area contributed by atoms with Crippen LogP contribution in [0.15, 0.2) is 10.4 Å². The third-order valence-electron chi connectivity index (χ3n) is 3.87. The van der Waals surface area contributed by atoms with Crippen molar-refractivity contribution in [3.05, 3.63) is 16.1 Å². The molecule has 0 spiro atoms. The number of hydrogen-bond donors (Lipinski definition) is 2. The van der Waals surface area contributed by atoms with Gasteiger partial charge in [0.05, 0.1) is 12.2 Å². The zero-order chi connectivity index (χ0) is 18.1. The highest BCUT2D eigenvalue weighted by molar-refractivity contribution is 7.09. The number of guanidine groups is 1. The first kappa shape index (κ1) is 20.9. The van der Waals surface area contributed by atoms with Gasteiger partial charge in [-0.1, -0.05) is 13.8 Å². The van der Waals surface area contributed by atoms with E-state index in [4.69, 9.17) is 0 Å². The van der Waals surface area contributed by atoms with Gasteiger partial charge < -0.3 is 10.6 Å². The SMILES string of the molecule is CCNC(=NCc1nc(C(C)C)cs1)NCCN(C(C)C)C(C)C. The Morgan fingerprint density at radius 1 is 1.17 bits per heavy atom. The zero-order valence-corrected chi connectivity index (χ0v) is 17.2. The molecule has 6 heteroatoms. The van der Waals surface area contributed by atoms with Gasteiger partial charge >= 0.3 is 0 Å². The van der Waals surface area contributed by atoms with E-state index in [1.54, 1.807) is 11.3 Å². The first-order valence-electron chi connectivity index (χ1n) is 9.07. The summed E-state index contributed by atoms with van der Waals surface area (Å²) in [5, 5.41) is 9.96. The van der Waals surface area contributed by atoms with E-state index in [2.05, 4.69) is 79.4 Å². The molecular formula is C18H35N5S. The minimum absolute atomic E-state index is 0.475. The fourth-order valence-electron chi connectivity index (χ4n) is 2.57. The predicted octanol–water partition coefficient (Wildman–Crippen LogP) is 3.44. The van der Waals surface area contributed by atoms with Crippen LogP contribution in [-0.4, -0.2) is 47.6 Å². The smallest absolute Gasteiger partial charge is 0.191 e. The second-order valence-corrected chi connectivity index (χ2v) is 7.81. The molecule has 0 atom stereocenters. The van der Waals surface area contributed by atoms with Crippen molar-refractivity contribution in [3.63, 3.8) is 0 Å². The molecule has 24 heavy (non-hydrogen) atoms. The van der Waals surface area contributed by atoms with Crippen molar-refractivity contribution in [1.29, 1.82) is 0 Å². The van der Waals surface area contributed by atoms with Gasteiger partial charge in [0, 0.05) is 37.1 Å². The Morgan fingerprint density at radius 2 is 1.83 bits per heavy atom. The summed E-state index contributed by atoms with van der Waals surface area (Å²) in [7, 11) is 0. The van der Waals surface area contributed by atoms with Gasteiger partial charge in [-0.15, -0.1) is 11.3 Å². The summed E-state index contributed by atoms with van der Waals surface area (Å²) < 4.78 is 0. The molecule has 2 N–H and O–H groups in total. The topological polar surface area (TPSA) is 52.6 Å². The Hall–Kier alpha value is -1.14.